The fourth-order valence-electron chi connectivity index (χ4n) is 4.98. The number of piperidine rings is 1. The summed E-state index contributed by atoms with van der Waals surface area (Å²) in [5, 5.41) is 12.7. The number of carboxylic acids is 1. The smallest absolute Gasteiger partial charge is 0.317 e. The topological polar surface area (TPSA) is 72.9 Å². The Kier molecular flexibility index (Phi) is 5.04. The van der Waals surface area contributed by atoms with Crippen molar-refractivity contribution >= 4 is 12.0 Å². The first kappa shape index (κ1) is 17.5. The number of nitrogens with one attached hydrogen (secondary N) is 1. The molecule has 6 nitrogen and oxygen atoms in total. The van der Waals surface area contributed by atoms with Gasteiger partial charge in [0.05, 0.1) is 5.41 Å². The van der Waals surface area contributed by atoms with Gasteiger partial charge in [0.25, 0.3) is 0 Å². The number of hydrogen-bond acceptors (Lipinski definition) is 3. The van der Waals surface area contributed by atoms with E-state index in [2.05, 4.69) is 17.1 Å². The van der Waals surface area contributed by atoms with Gasteiger partial charge in [-0.05, 0) is 51.0 Å². The first-order valence-electron chi connectivity index (χ1n) is 9.42. The molecule has 24 heavy (non-hydrogen) atoms. The van der Waals surface area contributed by atoms with Crippen molar-refractivity contribution in [3.05, 3.63) is 0 Å². The molecule has 3 rings (SSSR count). The monoisotopic (exact) mass is 337 g/mol. The lowest BCUT2D eigenvalue weighted by atomic mass is 9.81. The molecule has 0 spiro atoms. The molecule has 3 aliphatic rings. The van der Waals surface area contributed by atoms with Crippen LogP contribution in [0.15, 0.2) is 0 Å². The average molecular weight is 337 g/mol. The van der Waals surface area contributed by atoms with Crippen LogP contribution in [0.4, 0.5) is 4.79 Å². The Bertz CT molecular complexity index is 498. The van der Waals surface area contributed by atoms with Crippen molar-refractivity contribution in [1.82, 2.24) is 15.1 Å². The van der Waals surface area contributed by atoms with Crippen molar-refractivity contribution < 1.29 is 14.7 Å². The van der Waals surface area contributed by atoms with Crippen LogP contribution in [0.2, 0.25) is 0 Å². The molecule has 0 aromatic carbocycles. The maximum atomic E-state index is 12.6. The number of nitrogens with zero attached hydrogens (tertiary/aromatic N) is 2. The van der Waals surface area contributed by atoms with Gasteiger partial charge < -0.3 is 20.2 Å². The molecule has 4 atom stereocenters. The maximum Gasteiger partial charge on any atom is 0.317 e. The fourth-order valence-corrected chi connectivity index (χ4v) is 4.98. The Hall–Kier alpha value is -1.30. The van der Waals surface area contributed by atoms with Gasteiger partial charge in [0.15, 0.2) is 0 Å². The van der Waals surface area contributed by atoms with Crippen molar-refractivity contribution in [3.8, 4) is 0 Å². The van der Waals surface area contributed by atoms with E-state index in [0.717, 1.165) is 38.4 Å². The van der Waals surface area contributed by atoms with Crippen LogP contribution >= 0.6 is 0 Å². The quantitative estimate of drug-likeness (QED) is 0.823. The first-order chi connectivity index (χ1) is 11.4. The molecule has 3 fully saturated rings. The number of rotatable bonds is 4. The second-order valence-electron chi connectivity index (χ2n) is 8.29. The zero-order valence-corrected chi connectivity index (χ0v) is 15.0. The van der Waals surface area contributed by atoms with E-state index < -0.39 is 11.4 Å². The molecule has 1 aliphatic carbocycles. The number of hydrogen-bond donors (Lipinski definition) is 2. The highest BCUT2D eigenvalue weighted by Gasteiger charge is 2.55. The zero-order chi connectivity index (χ0) is 17.3. The number of carbonyl (C=O) groups excluding carboxylic acids is 1. The molecule has 0 aromatic rings. The summed E-state index contributed by atoms with van der Waals surface area (Å²) in [6, 6.07) is -0.00778. The highest BCUT2D eigenvalue weighted by atomic mass is 16.4. The van der Waals surface area contributed by atoms with E-state index in [1.165, 1.54) is 12.8 Å². The number of likely N-dealkylation sites (tertiary alicyclic amines) is 2. The van der Waals surface area contributed by atoms with E-state index in [1.54, 1.807) is 4.90 Å². The van der Waals surface area contributed by atoms with Crippen LogP contribution in [0.1, 0.15) is 46.0 Å². The molecule has 2 N–H and O–H groups in total. The standard InChI is InChI=1S/C18H31N3O3/c1-13-5-4-8-20(9-13)10-14(2)19-17(24)21-11-15-6-3-7-18(15,12-21)16(22)23/h13-15H,3-12H2,1-2H3,(H,19,24)(H,22,23)/t13?,14?,15-,18+/m0/s1. The third-order valence-electron chi connectivity index (χ3n) is 6.23. The minimum Gasteiger partial charge on any atom is -0.481 e. The van der Waals surface area contributed by atoms with Crippen LogP contribution in [0.25, 0.3) is 0 Å². The number of aliphatic carboxylic acids is 1. The van der Waals surface area contributed by atoms with Crippen molar-refractivity contribution in [2.45, 2.75) is 52.0 Å². The molecule has 1 saturated carbocycles. The van der Waals surface area contributed by atoms with Gasteiger partial charge in [-0.15, -0.1) is 0 Å². The van der Waals surface area contributed by atoms with E-state index >= 15 is 0 Å². The summed E-state index contributed by atoms with van der Waals surface area (Å²) in [7, 11) is 0. The Labute approximate surface area is 144 Å². The Morgan fingerprint density at radius 3 is 2.75 bits per heavy atom. The lowest BCUT2D eigenvalue weighted by Gasteiger charge is -2.33. The molecule has 2 unspecified atom stereocenters. The van der Waals surface area contributed by atoms with E-state index in [4.69, 9.17) is 0 Å². The predicted octanol–water partition coefficient (Wildman–Crippen LogP) is 2.00. The molecule has 136 valence electrons. The molecule has 0 bridgehead atoms. The lowest BCUT2D eigenvalue weighted by Crippen LogP contribution is -2.49. The van der Waals surface area contributed by atoms with Gasteiger partial charge in [0, 0.05) is 32.2 Å². The van der Waals surface area contributed by atoms with Crippen LogP contribution in [0.5, 0.6) is 0 Å². The first-order valence-corrected chi connectivity index (χ1v) is 9.42. The molecule has 2 saturated heterocycles. The molecule has 0 aromatic heterocycles. The number of amides is 2. The third kappa shape index (κ3) is 3.39. The fraction of sp³-hybridized carbons (Fsp3) is 0.889. The van der Waals surface area contributed by atoms with Crippen LogP contribution in [0, 0.1) is 17.3 Å². The van der Waals surface area contributed by atoms with Crippen LogP contribution in [0.3, 0.4) is 0 Å². The van der Waals surface area contributed by atoms with E-state index in [9.17, 15) is 14.7 Å². The SMILES string of the molecule is CC1CCCN(CC(C)NC(=O)N2C[C@@H]3CCC[C@@]3(C(=O)O)C2)C1. The predicted molar refractivity (Wildman–Crippen MR) is 91.8 cm³/mol. The molecule has 2 aliphatic heterocycles. The van der Waals surface area contributed by atoms with Crippen LogP contribution < -0.4 is 5.32 Å². The van der Waals surface area contributed by atoms with Gasteiger partial charge in [-0.3, -0.25) is 4.79 Å². The summed E-state index contributed by atoms with van der Waals surface area (Å²) in [6.07, 6.45) is 5.13. The summed E-state index contributed by atoms with van der Waals surface area (Å²) < 4.78 is 0. The molecular formula is C18H31N3O3. The van der Waals surface area contributed by atoms with Crippen molar-refractivity contribution in [2.75, 3.05) is 32.7 Å². The van der Waals surface area contributed by atoms with E-state index in [-0.39, 0.29) is 18.0 Å². The molecular weight excluding hydrogens is 306 g/mol. The zero-order valence-electron chi connectivity index (χ0n) is 15.0. The summed E-state index contributed by atoms with van der Waals surface area (Å²) in [6.45, 7) is 8.37. The van der Waals surface area contributed by atoms with E-state index in [1.807, 2.05) is 6.92 Å². The van der Waals surface area contributed by atoms with E-state index in [0.29, 0.717) is 19.5 Å². The lowest BCUT2D eigenvalue weighted by molar-refractivity contribution is -0.149. The number of urea groups is 1. The minimum absolute atomic E-state index is 0.0871. The van der Waals surface area contributed by atoms with Crippen molar-refractivity contribution in [1.29, 1.82) is 0 Å². The second kappa shape index (κ2) is 6.90. The van der Waals surface area contributed by atoms with Crippen molar-refractivity contribution in [3.63, 3.8) is 0 Å². The van der Waals surface area contributed by atoms with Gasteiger partial charge in [-0.1, -0.05) is 13.3 Å². The molecule has 2 heterocycles. The largest absolute Gasteiger partial charge is 0.481 e. The number of carboxylic acid groups (broad SMARTS) is 1. The molecule has 0 radical (unpaired) electrons. The van der Waals surface area contributed by atoms with Crippen molar-refractivity contribution in [2.24, 2.45) is 17.3 Å². The highest BCUT2D eigenvalue weighted by molar-refractivity contribution is 5.80. The summed E-state index contributed by atoms with van der Waals surface area (Å²) in [4.78, 5) is 28.4. The maximum absolute atomic E-state index is 12.6. The molecule has 6 heteroatoms. The third-order valence-corrected chi connectivity index (χ3v) is 6.23. The Morgan fingerprint density at radius 2 is 2.08 bits per heavy atom. The van der Waals surface area contributed by atoms with Gasteiger partial charge in [0.2, 0.25) is 0 Å². The van der Waals surface area contributed by atoms with Gasteiger partial charge in [0.1, 0.15) is 0 Å². The van der Waals surface area contributed by atoms with Gasteiger partial charge >= 0.3 is 12.0 Å². The summed E-state index contributed by atoms with van der Waals surface area (Å²) in [5.41, 5.74) is -0.692. The molecule has 2 amide bonds. The summed E-state index contributed by atoms with van der Waals surface area (Å²) >= 11 is 0. The summed E-state index contributed by atoms with van der Waals surface area (Å²) in [5.74, 6) is 0.129. The number of fused-ring (bicyclic) bond motifs is 1. The number of carbonyl (C=O) groups is 2. The van der Waals surface area contributed by atoms with Gasteiger partial charge in [-0.25, -0.2) is 4.79 Å². The average Bonchev–Trinajstić information content (AvgIpc) is 3.04. The second-order valence-corrected chi connectivity index (χ2v) is 8.29. The van der Waals surface area contributed by atoms with Crippen LogP contribution in [-0.2, 0) is 4.79 Å². The highest BCUT2D eigenvalue weighted by Crippen LogP contribution is 2.48. The van der Waals surface area contributed by atoms with Gasteiger partial charge in [-0.2, -0.15) is 0 Å². The Morgan fingerprint density at radius 1 is 1.29 bits per heavy atom. The van der Waals surface area contributed by atoms with Crippen LogP contribution in [-0.4, -0.2) is 65.7 Å². The minimum atomic E-state index is -0.726. The normalized spacial score (nSPS) is 34.8. The Balaban J connectivity index is 1.51.